The number of ether oxygens (including phenoxy) is 1. The van der Waals surface area contributed by atoms with Crippen molar-refractivity contribution < 1.29 is 18.7 Å². The predicted molar refractivity (Wildman–Crippen MR) is 87.2 cm³/mol. The third-order valence-electron chi connectivity index (χ3n) is 3.79. The van der Waals surface area contributed by atoms with Crippen LogP contribution in [0.25, 0.3) is 0 Å². The van der Waals surface area contributed by atoms with Crippen molar-refractivity contribution in [2.75, 3.05) is 18.1 Å². The highest BCUT2D eigenvalue weighted by Crippen LogP contribution is 2.21. The molecule has 0 radical (unpaired) electrons. The second-order valence-corrected chi connectivity index (χ2v) is 5.48. The first-order chi connectivity index (χ1) is 11.6. The zero-order chi connectivity index (χ0) is 16.9. The molecule has 0 aromatic heterocycles. The number of para-hydroxylation sites is 1. The van der Waals surface area contributed by atoms with E-state index >= 15 is 0 Å². The van der Waals surface area contributed by atoms with E-state index < -0.39 is 6.04 Å². The van der Waals surface area contributed by atoms with Gasteiger partial charge in [0, 0.05) is 12.2 Å². The standard InChI is InChI=1S/C18H17FN2O3/c19-13-6-8-14(9-7-13)21-11-10-16(18(21)23)20-17(22)12-24-15-4-2-1-3-5-15/h1-9,16H,10-12H2,(H,20,22)/t16-/m1/s1. The molecule has 0 aliphatic carbocycles. The molecule has 24 heavy (non-hydrogen) atoms. The molecule has 1 aliphatic rings. The fourth-order valence-corrected chi connectivity index (χ4v) is 2.59. The molecule has 1 heterocycles. The SMILES string of the molecule is O=C(COc1ccccc1)N[C@@H]1CCN(c2ccc(F)cc2)C1=O. The molecular formula is C18H17FN2O3. The van der Waals surface area contributed by atoms with Gasteiger partial charge in [0.2, 0.25) is 5.91 Å². The van der Waals surface area contributed by atoms with Gasteiger partial charge in [-0.1, -0.05) is 18.2 Å². The van der Waals surface area contributed by atoms with Crippen molar-refractivity contribution in [2.24, 2.45) is 0 Å². The Bertz CT molecular complexity index is 719. The topological polar surface area (TPSA) is 58.6 Å². The summed E-state index contributed by atoms with van der Waals surface area (Å²) in [5, 5.41) is 2.68. The van der Waals surface area contributed by atoms with Crippen LogP contribution in [0, 0.1) is 5.82 Å². The molecule has 0 bridgehead atoms. The Kier molecular flexibility index (Phi) is 4.74. The van der Waals surface area contributed by atoms with Crippen LogP contribution >= 0.6 is 0 Å². The minimum absolute atomic E-state index is 0.148. The quantitative estimate of drug-likeness (QED) is 0.915. The number of benzene rings is 2. The molecule has 2 aromatic rings. The first-order valence-electron chi connectivity index (χ1n) is 7.67. The van der Waals surface area contributed by atoms with Crippen molar-refractivity contribution in [3.05, 3.63) is 60.4 Å². The van der Waals surface area contributed by atoms with E-state index in [0.717, 1.165) is 0 Å². The van der Waals surface area contributed by atoms with E-state index in [2.05, 4.69) is 5.32 Å². The summed E-state index contributed by atoms with van der Waals surface area (Å²) >= 11 is 0. The highest BCUT2D eigenvalue weighted by atomic mass is 19.1. The van der Waals surface area contributed by atoms with Gasteiger partial charge in [-0.2, -0.15) is 0 Å². The van der Waals surface area contributed by atoms with Crippen LogP contribution in [-0.2, 0) is 9.59 Å². The number of nitrogens with zero attached hydrogens (tertiary/aromatic N) is 1. The van der Waals surface area contributed by atoms with Gasteiger partial charge >= 0.3 is 0 Å². The summed E-state index contributed by atoms with van der Waals surface area (Å²) in [6.07, 6.45) is 0.507. The summed E-state index contributed by atoms with van der Waals surface area (Å²) < 4.78 is 18.3. The molecule has 1 atom stereocenters. The van der Waals surface area contributed by atoms with Crippen molar-refractivity contribution in [3.8, 4) is 5.75 Å². The lowest BCUT2D eigenvalue weighted by Crippen LogP contribution is -2.43. The molecule has 2 aromatic carbocycles. The van der Waals surface area contributed by atoms with Crippen LogP contribution in [0.4, 0.5) is 10.1 Å². The Morgan fingerprint density at radius 3 is 2.58 bits per heavy atom. The van der Waals surface area contributed by atoms with Crippen molar-refractivity contribution in [2.45, 2.75) is 12.5 Å². The lowest BCUT2D eigenvalue weighted by Gasteiger charge is -2.17. The maximum absolute atomic E-state index is 13.0. The third-order valence-corrected chi connectivity index (χ3v) is 3.79. The summed E-state index contributed by atoms with van der Waals surface area (Å²) in [7, 11) is 0. The Labute approximate surface area is 139 Å². The molecule has 3 rings (SSSR count). The summed E-state index contributed by atoms with van der Waals surface area (Å²) in [6.45, 7) is 0.333. The molecule has 0 unspecified atom stereocenters. The van der Waals surface area contributed by atoms with Crippen LogP contribution in [0.15, 0.2) is 54.6 Å². The molecule has 0 saturated carbocycles. The van der Waals surface area contributed by atoms with Gasteiger partial charge in [-0.15, -0.1) is 0 Å². The number of hydrogen-bond acceptors (Lipinski definition) is 3. The van der Waals surface area contributed by atoms with Crippen LogP contribution < -0.4 is 15.0 Å². The van der Waals surface area contributed by atoms with E-state index in [-0.39, 0.29) is 24.2 Å². The zero-order valence-corrected chi connectivity index (χ0v) is 12.9. The number of amides is 2. The molecule has 1 aliphatic heterocycles. The molecule has 1 fully saturated rings. The van der Waals surface area contributed by atoms with E-state index in [1.165, 1.54) is 12.1 Å². The number of halogens is 1. The summed E-state index contributed by atoms with van der Waals surface area (Å²) in [6, 6.07) is 14.1. The third kappa shape index (κ3) is 3.71. The van der Waals surface area contributed by atoms with Gasteiger partial charge in [-0.3, -0.25) is 9.59 Å². The van der Waals surface area contributed by atoms with Gasteiger partial charge in [-0.05, 0) is 42.8 Å². The maximum Gasteiger partial charge on any atom is 0.258 e. The van der Waals surface area contributed by atoms with Crippen LogP contribution in [0.1, 0.15) is 6.42 Å². The number of rotatable bonds is 5. The van der Waals surface area contributed by atoms with Gasteiger partial charge in [0.1, 0.15) is 17.6 Å². The van der Waals surface area contributed by atoms with E-state index in [4.69, 9.17) is 4.74 Å². The smallest absolute Gasteiger partial charge is 0.258 e. The molecule has 6 heteroatoms. The molecule has 124 valence electrons. The first-order valence-corrected chi connectivity index (χ1v) is 7.67. The average molecular weight is 328 g/mol. The van der Waals surface area contributed by atoms with E-state index in [0.29, 0.717) is 24.4 Å². The summed E-state index contributed by atoms with van der Waals surface area (Å²) in [4.78, 5) is 25.9. The van der Waals surface area contributed by atoms with Crippen molar-refractivity contribution in [1.29, 1.82) is 0 Å². The average Bonchev–Trinajstić information content (AvgIpc) is 2.95. The fraction of sp³-hybridized carbons (Fsp3) is 0.222. The Morgan fingerprint density at radius 2 is 1.88 bits per heavy atom. The lowest BCUT2D eigenvalue weighted by molar-refractivity contribution is -0.127. The van der Waals surface area contributed by atoms with Crippen molar-refractivity contribution in [1.82, 2.24) is 5.32 Å². The number of carbonyl (C=O) groups excluding carboxylic acids is 2. The van der Waals surface area contributed by atoms with E-state index in [9.17, 15) is 14.0 Å². The fourth-order valence-electron chi connectivity index (χ4n) is 2.59. The number of carbonyl (C=O) groups is 2. The van der Waals surface area contributed by atoms with E-state index in [1.54, 1.807) is 29.2 Å². The van der Waals surface area contributed by atoms with Crippen LogP contribution in [0.5, 0.6) is 5.75 Å². The van der Waals surface area contributed by atoms with Gasteiger partial charge in [0.05, 0.1) is 0 Å². The highest BCUT2D eigenvalue weighted by Gasteiger charge is 2.33. The van der Waals surface area contributed by atoms with Crippen LogP contribution in [0.2, 0.25) is 0 Å². The second kappa shape index (κ2) is 7.12. The molecule has 1 saturated heterocycles. The lowest BCUT2D eigenvalue weighted by atomic mass is 10.2. The first kappa shape index (κ1) is 16.0. The minimum Gasteiger partial charge on any atom is -0.484 e. The largest absolute Gasteiger partial charge is 0.484 e. The molecule has 5 nitrogen and oxygen atoms in total. The molecular weight excluding hydrogens is 311 g/mol. The number of hydrogen-bond donors (Lipinski definition) is 1. The monoisotopic (exact) mass is 328 g/mol. The highest BCUT2D eigenvalue weighted by molar-refractivity contribution is 6.01. The Hall–Kier alpha value is -2.89. The van der Waals surface area contributed by atoms with Gasteiger partial charge in [0.15, 0.2) is 6.61 Å². The second-order valence-electron chi connectivity index (χ2n) is 5.48. The van der Waals surface area contributed by atoms with Gasteiger partial charge in [-0.25, -0.2) is 4.39 Å². The van der Waals surface area contributed by atoms with E-state index in [1.807, 2.05) is 18.2 Å². The van der Waals surface area contributed by atoms with Crippen molar-refractivity contribution >= 4 is 17.5 Å². The summed E-state index contributed by atoms with van der Waals surface area (Å²) in [5.41, 5.74) is 0.624. The Balaban J connectivity index is 1.53. The normalized spacial score (nSPS) is 17.0. The van der Waals surface area contributed by atoms with Gasteiger partial charge < -0.3 is 15.0 Å². The number of nitrogens with one attached hydrogen (secondary N) is 1. The predicted octanol–water partition coefficient (Wildman–Crippen LogP) is 2.13. The van der Waals surface area contributed by atoms with Crippen molar-refractivity contribution in [3.63, 3.8) is 0 Å². The Morgan fingerprint density at radius 1 is 1.17 bits per heavy atom. The molecule has 2 amide bonds. The summed E-state index contributed by atoms with van der Waals surface area (Å²) in [5.74, 6) is -0.306. The van der Waals surface area contributed by atoms with Crippen LogP contribution in [-0.4, -0.2) is 31.0 Å². The maximum atomic E-state index is 13.0. The minimum atomic E-state index is -0.582. The molecule has 1 N–H and O–H groups in total. The zero-order valence-electron chi connectivity index (χ0n) is 12.9. The van der Waals surface area contributed by atoms with Crippen LogP contribution in [0.3, 0.4) is 0 Å². The molecule has 0 spiro atoms. The van der Waals surface area contributed by atoms with Gasteiger partial charge in [0.25, 0.3) is 5.91 Å². The number of anilines is 1.